The Morgan fingerprint density at radius 3 is 3.00 bits per heavy atom. The van der Waals surface area contributed by atoms with E-state index in [1.54, 1.807) is 0 Å². The van der Waals surface area contributed by atoms with Gasteiger partial charge in [-0.15, -0.1) is 0 Å². The summed E-state index contributed by atoms with van der Waals surface area (Å²) < 4.78 is 6.33. The van der Waals surface area contributed by atoms with Crippen LogP contribution < -0.4 is 5.32 Å². The lowest BCUT2D eigenvalue weighted by atomic mass is 10.1. The number of aliphatic carboxylic acids is 1. The fraction of sp³-hybridized carbons (Fsp3) is 0.429. The molecule has 0 aliphatic carbocycles. The number of anilines is 1. The molecule has 2 rings (SSSR count). The van der Waals surface area contributed by atoms with Crippen molar-refractivity contribution < 1.29 is 19.4 Å². The van der Waals surface area contributed by atoms with Crippen molar-refractivity contribution in [3.63, 3.8) is 0 Å². The summed E-state index contributed by atoms with van der Waals surface area (Å²) in [6.07, 6.45) is -0.0173. The fourth-order valence-corrected chi connectivity index (χ4v) is 2.78. The zero-order valence-electron chi connectivity index (χ0n) is 11.4. The van der Waals surface area contributed by atoms with Gasteiger partial charge in [-0.1, -0.05) is 6.07 Å². The van der Waals surface area contributed by atoms with Gasteiger partial charge in [0.1, 0.15) is 0 Å². The van der Waals surface area contributed by atoms with Gasteiger partial charge in [-0.05, 0) is 40.8 Å². The van der Waals surface area contributed by atoms with Crippen LogP contribution in [0.15, 0.2) is 24.3 Å². The van der Waals surface area contributed by atoms with Crippen LogP contribution in [0.3, 0.4) is 0 Å². The molecule has 1 saturated heterocycles. The van der Waals surface area contributed by atoms with Gasteiger partial charge in [-0.25, -0.2) is 0 Å². The molecule has 1 fully saturated rings. The highest BCUT2D eigenvalue weighted by Gasteiger charge is 2.26. The second-order valence-corrected chi connectivity index (χ2v) is 6.10. The van der Waals surface area contributed by atoms with E-state index in [0.29, 0.717) is 19.8 Å². The smallest absolute Gasteiger partial charge is 0.305 e. The van der Waals surface area contributed by atoms with Crippen LogP contribution in [0.25, 0.3) is 0 Å². The molecule has 2 N–H and O–H groups in total. The topological polar surface area (TPSA) is 78.9 Å². The van der Waals surface area contributed by atoms with Crippen LogP contribution in [-0.2, 0) is 14.3 Å². The second kappa shape index (κ2) is 7.71. The predicted octanol–water partition coefficient (Wildman–Crippen LogP) is 1.41. The standard InChI is InChI=1S/C14H17IN2O4/c15-10-2-1-3-11(6-10)16-13(18)8-17-4-5-21-9-12(17)7-14(19)20/h1-3,6,12H,4-5,7-9H2,(H,16,18)(H,19,20). The van der Waals surface area contributed by atoms with E-state index in [2.05, 4.69) is 27.9 Å². The summed E-state index contributed by atoms with van der Waals surface area (Å²) in [4.78, 5) is 24.8. The van der Waals surface area contributed by atoms with E-state index < -0.39 is 5.97 Å². The molecule has 114 valence electrons. The average Bonchev–Trinajstić information content (AvgIpc) is 2.40. The summed E-state index contributed by atoms with van der Waals surface area (Å²) in [6.45, 7) is 1.61. The van der Waals surface area contributed by atoms with Gasteiger partial charge >= 0.3 is 5.97 Å². The molecular weight excluding hydrogens is 387 g/mol. The Hall–Kier alpha value is -1.19. The van der Waals surface area contributed by atoms with Crippen LogP contribution in [-0.4, -0.2) is 54.2 Å². The average molecular weight is 404 g/mol. The Kier molecular flexibility index (Phi) is 5.95. The summed E-state index contributed by atoms with van der Waals surface area (Å²) in [5.41, 5.74) is 0.745. The monoisotopic (exact) mass is 404 g/mol. The molecule has 0 radical (unpaired) electrons. The first-order valence-corrected chi connectivity index (χ1v) is 7.71. The van der Waals surface area contributed by atoms with Gasteiger partial charge in [-0.2, -0.15) is 0 Å². The van der Waals surface area contributed by atoms with Crippen LogP contribution in [0.4, 0.5) is 5.69 Å². The summed E-state index contributed by atoms with van der Waals surface area (Å²) >= 11 is 2.18. The van der Waals surface area contributed by atoms with E-state index >= 15 is 0 Å². The number of carbonyl (C=O) groups is 2. The number of morpholine rings is 1. The Morgan fingerprint density at radius 1 is 1.48 bits per heavy atom. The number of hydrogen-bond acceptors (Lipinski definition) is 4. The molecule has 1 atom stereocenters. The maximum atomic E-state index is 12.1. The van der Waals surface area contributed by atoms with Crippen molar-refractivity contribution in [2.24, 2.45) is 0 Å². The van der Waals surface area contributed by atoms with E-state index in [-0.39, 0.29) is 24.9 Å². The van der Waals surface area contributed by atoms with Crippen molar-refractivity contribution in [1.82, 2.24) is 4.90 Å². The summed E-state index contributed by atoms with van der Waals surface area (Å²) in [5, 5.41) is 11.7. The maximum absolute atomic E-state index is 12.1. The minimum Gasteiger partial charge on any atom is -0.481 e. The number of nitrogens with one attached hydrogen (secondary N) is 1. The minimum atomic E-state index is -0.881. The van der Waals surface area contributed by atoms with Crippen molar-refractivity contribution >= 4 is 40.2 Å². The van der Waals surface area contributed by atoms with Crippen molar-refractivity contribution in [2.45, 2.75) is 12.5 Å². The predicted molar refractivity (Wildman–Crippen MR) is 86.2 cm³/mol. The molecule has 0 aromatic heterocycles. The van der Waals surface area contributed by atoms with E-state index in [0.717, 1.165) is 9.26 Å². The van der Waals surface area contributed by atoms with E-state index in [1.807, 2.05) is 29.2 Å². The Bertz CT molecular complexity index is 523. The van der Waals surface area contributed by atoms with Gasteiger partial charge in [0.2, 0.25) is 5.91 Å². The number of nitrogens with zero attached hydrogens (tertiary/aromatic N) is 1. The number of carboxylic acids is 1. The minimum absolute atomic E-state index is 0.0173. The fourth-order valence-electron chi connectivity index (χ4n) is 2.24. The van der Waals surface area contributed by atoms with E-state index in [1.165, 1.54) is 0 Å². The number of carboxylic acid groups (broad SMARTS) is 1. The van der Waals surface area contributed by atoms with Crippen molar-refractivity contribution in [3.05, 3.63) is 27.8 Å². The summed E-state index contributed by atoms with van der Waals surface area (Å²) in [6, 6.07) is 7.28. The first kappa shape index (κ1) is 16.2. The molecule has 1 aromatic rings. The molecule has 6 nitrogen and oxygen atoms in total. The molecule has 1 amide bonds. The first-order valence-electron chi connectivity index (χ1n) is 6.63. The molecular formula is C14H17IN2O4. The largest absolute Gasteiger partial charge is 0.481 e. The number of hydrogen-bond donors (Lipinski definition) is 2. The molecule has 1 aliphatic rings. The number of benzene rings is 1. The van der Waals surface area contributed by atoms with Gasteiger partial charge < -0.3 is 15.2 Å². The molecule has 1 heterocycles. The second-order valence-electron chi connectivity index (χ2n) is 4.86. The molecule has 0 bridgehead atoms. The lowest BCUT2D eigenvalue weighted by molar-refractivity contribution is -0.141. The van der Waals surface area contributed by atoms with Gasteiger partial charge in [-0.3, -0.25) is 14.5 Å². The molecule has 1 unspecified atom stereocenters. The lowest BCUT2D eigenvalue weighted by Gasteiger charge is -2.34. The molecule has 1 aromatic carbocycles. The third-order valence-corrected chi connectivity index (χ3v) is 3.89. The SMILES string of the molecule is O=C(O)CC1COCCN1CC(=O)Nc1cccc(I)c1. The molecule has 21 heavy (non-hydrogen) atoms. The number of carbonyl (C=O) groups excluding carboxylic acids is 1. The maximum Gasteiger partial charge on any atom is 0.305 e. The van der Waals surface area contributed by atoms with Crippen LogP contribution in [0, 0.1) is 3.57 Å². The summed E-state index contributed by atoms with van der Waals surface area (Å²) in [5.74, 6) is -1.03. The quantitative estimate of drug-likeness (QED) is 0.726. The van der Waals surface area contributed by atoms with E-state index in [9.17, 15) is 9.59 Å². The molecule has 7 heteroatoms. The van der Waals surface area contributed by atoms with Gasteiger partial charge in [0.15, 0.2) is 0 Å². The third kappa shape index (κ3) is 5.25. The molecule has 1 aliphatic heterocycles. The number of ether oxygens (including phenoxy) is 1. The summed E-state index contributed by atoms with van der Waals surface area (Å²) in [7, 11) is 0. The molecule has 0 saturated carbocycles. The Labute approximate surface area is 136 Å². The van der Waals surface area contributed by atoms with Crippen molar-refractivity contribution in [3.8, 4) is 0 Å². The normalized spacial score (nSPS) is 19.2. The highest BCUT2D eigenvalue weighted by molar-refractivity contribution is 14.1. The highest BCUT2D eigenvalue weighted by Crippen LogP contribution is 2.14. The third-order valence-electron chi connectivity index (χ3n) is 3.21. The van der Waals surface area contributed by atoms with Gasteiger partial charge in [0.05, 0.1) is 26.2 Å². The zero-order chi connectivity index (χ0) is 15.2. The van der Waals surface area contributed by atoms with Crippen LogP contribution in [0.5, 0.6) is 0 Å². The Balaban J connectivity index is 1.92. The zero-order valence-corrected chi connectivity index (χ0v) is 13.6. The highest BCUT2D eigenvalue weighted by atomic mass is 127. The lowest BCUT2D eigenvalue weighted by Crippen LogP contribution is -2.49. The number of amides is 1. The van der Waals surface area contributed by atoms with Gasteiger partial charge in [0, 0.05) is 21.8 Å². The Morgan fingerprint density at radius 2 is 2.29 bits per heavy atom. The van der Waals surface area contributed by atoms with Gasteiger partial charge in [0.25, 0.3) is 0 Å². The van der Waals surface area contributed by atoms with E-state index in [4.69, 9.17) is 9.84 Å². The number of rotatable bonds is 5. The first-order chi connectivity index (χ1) is 10.0. The van der Waals surface area contributed by atoms with Crippen LogP contribution in [0.2, 0.25) is 0 Å². The molecule has 0 spiro atoms. The number of halogens is 1. The van der Waals surface area contributed by atoms with Crippen LogP contribution in [0.1, 0.15) is 6.42 Å². The van der Waals surface area contributed by atoms with Crippen LogP contribution >= 0.6 is 22.6 Å². The van der Waals surface area contributed by atoms with Crippen molar-refractivity contribution in [1.29, 1.82) is 0 Å². The van der Waals surface area contributed by atoms with Crippen molar-refractivity contribution in [2.75, 3.05) is 31.6 Å².